The molecular formula is C24H34N4O2. The molecule has 1 atom stereocenters. The van der Waals surface area contributed by atoms with Gasteiger partial charge in [-0.3, -0.25) is 4.90 Å². The number of pyridine rings is 1. The molecule has 4 aliphatic rings. The Bertz CT molecular complexity index is 809. The van der Waals surface area contributed by atoms with Crippen LogP contribution in [0.2, 0.25) is 0 Å². The summed E-state index contributed by atoms with van der Waals surface area (Å²) in [4.78, 5) is 23.7. The molecule has 1 amide bonds. The Hall–Kier alpha value is -2.08. The highest BCUT2D eigenvalue weighted by atomic mass is 16.6. The topological polar surface area (TPSA) is 48.9 Å². The zero-order chi connectivity index (χ0) is 20.6. The number of hydrogen-bond acceptors (Lipinski definition) is 5. The monoisotopic (exact) mass is 410 g/mol. The normalized spacial score (nSPS) is 26.0. The molecule has 1 aromatic heterocycles. The molecule has 1 saturated carbocycles. The number of aromatic nitrogens is 1. The largest absolute Gasteiger partial charge is 0.450 e. The van der Waals surface area contributed by atoms with Gasteiger partial charge in [-0.2, -0.15) is 0 Å². The van der Waals surface area contributed by atoms with Gasteiger partial charge in [-0.1, -0.05) is 6.08 Å². The molecule has 5 rings (SSSR count). The number of rotatable bonds is 4. The Balaban J connectivity index is 1.16. The van der Waals surface area contributed by atoms with Crippen molar-refractivity contribution >= 4 is 17.5 Å². The van der Waals surface area contributed by atoms with Crippen LogP contribution in [0.1, 0.15) is 51.0 Å². The van der Waals surface area contributed by atoms with Gasteiger partial charge in [0.25, 0.3) is 0 Å². The van der Waals surface area contributed by atoms with Crippen molar-refractivity contribution in [2.75, 3.05) is 50.8 Å². The minimum absolute atomic E-state index is 0.135. The smallest absolute Gasteiger partial charge is 0.409 e. The van der Waals surface area contributed by atoms with Gasteiger partial charge in [0.2, 0.25) is 0 Å². The molecule has 3 fully saturated rings. The Kier molecular flexibility index (Phi) is 5.44. The highest BCUT2D eigenvalue weighted by Crippen LogP contribution is 2.47. The first-order valence-electron chi connectivity index (χ1n) is 11.7. The van der Waals surface area contributed by atoms with Crippen molar-refractivity contribution in [3.8, 4) is 0 Å². The maximum Gasteiger partial charge on any atom is 0.409 e. The van der Waals surface area contributed by atoms with Gasteiger partial charge >= 0.3 is 6.09 Å². The van der Waals surface area contributed by atoms with Crippen molar-refractivity contribution < 1.29 is 9.53 Å². The minimum Gasteiger partial charge on any atom is -0.450 e. The third kappa shape index (κ3) is 3.70. The van der Waals surface area contributed by atoms with E-state index in [1.54, 1.807) is 0 Å². The van der Waals surface area contributed by atoms with E-state index in [1.165, 1.54) is 55.5 Å². The van der Waals surface area contributed by atoms with Gasteiger partial charge < -0.3 is 14.5 Å². The van der Waals surface area contributed by atoms with E-state index in [9.17, 15) is 4.79 Å². The van der Waals surface area contributed by atoms with Gasteiger partial charge in [0.15, 0.2) is 0 Å². The van der Waals surface area contributed by atoms with E-state index in [0.717, 1.165) is 39.3 Å². The van der Waals surface area contributed by atoms with Crippen molar-refractivity contribution in [2.45, 2.75) is 51.5 Å². The van der Waals surface area contributed by atoms with E-state index in [-0.39, 0.29) is 6.09 Å². The van der Waals surface area contributed by atoms with Gasteiger partial charge in [0.05, 0.1) is 6.61 Å². The van der Waals surface area contributed by atoms with Gasteiger partial charge in [-0.05, 0) is 63.2 Å². The molecule has 6 nitrogen and oxygen atoms in total. The van der Waals surface area contributed by atoms with Crippen LogP contribution in [0.25, 0.3) is 5.57 Å². The molecule has 3 heterocycles. The van der Waals surface area contributed by atoms with Crippen LogP contribution in [0, 0.1) is 5.41 Å². The fourth-order valence-electron chi connectivity index (χ4n) is 6.00. The number of nitrogens with zero attached hydrogens (tertiary/aromatic N) is 4. The van der Waals surface area contributed by atoms with Crippen LogP contribution in [0.4, 0.5) is 10.6 Å². The summed E-state index contributed by atoms with van der Waals surface area (Å²) in [5, 5.41) is 0. The Morgan fingerprint density at radius 1 is 1.27 bits per heavy atom. The van der Waals surface area contributed by atoms with Crippen molar-refractivity contribution in [1.29, 1.82) is 0 Å². The molecule has 1 aromatic rings. The van der Waals surface area contributed by atoms with Gasteiger partial charge in [-0.25, -0.2) is 9.78 Å². The summed E-state index contributed by atoms with van der Waals surface area (Å²) in [6, 6.07) is 4.99. The molecule has 2 aliphatic carbocycles. The van der Waals surface area contributed by atoms with Crippen LogP contribution in [-0.4, -0.2) is 72.8 Å². The van der Waals surface area contributed by atoms with Crippen molar-refractivity contribution in [3.63, 3.8) is 0 Å². The maximum atomic E-state index is 11.9. The second kappa shape index (κ2) is 8.22. The fraction of sp³-hybridized carbons (Fsp3) is 0.667. The zero-order valence-corrected chi connectivity index (χ0v) is 18.2. The van der Waals surface area contributed by atoms with Crippen molar-refractivity contribution in [2.24, 2.45) is 5.41 Å². The molecule has 0 unspecified atom stereocenters. The summed E-state index contributed by atoms with van der Waals surface area (Å²) in [5.41, 5.74) is 3.17. The molecule has 0 aromatic carbocycles. The van der Waals surface area contributed by atoms with Crippen LogP contribution in [0.15, 0.2) is 24.4 Å². The lowest BCUT2D eigenvalue weighted by Crippen LogP contribution is -2.58. The molecule has 30 heavy (non-hydrogen) atoms. The second-order valence-electron chi connectivity index (χ2n) is 9.47. The minimum atomic E-state index is -0.135. The molecule has 6 heteroatoms. The maximum absolute atomic E-state index is 11.9. The lowest BCUT2D eigenvalue weighted by Gasteiger charge is -2.48. The average Bonchev–Trinajstić information content (AvgIpc) is 3.43. The third-order valence-electron chi connectivity index (χ3n) is 7.56. The first-order valence-corrected chi connectivity index (χ1v) is 11.7. The molecule has 2 aliphatic heterocycles. The summed E-state index contributed by atoms with van der Waals surface area (Å²) in [7, 11) is 0. The molecule has 162 valence electrons. The molecule has 0 N–H and O–H groups in total. The van der Waals surface area contributed by atoms with Gasteiger partial charge in [-0.15, -0.1) is 0 Å². The lowest BCUT2D eigenvalue weighted by atomic mass is 9.78. The molecule has 0 radical (unpaired) electrons. The summed E-state index contributed by atoms with van der Waals surface area (Å²) >= 11 is 0. The predicted octanol–water partition coefficient (Wildman–Crippen LogP) is 3.78. The summed E-state index contributed by atoms with van der Waals surface area (Å²) < 4.78 is 5.15. The second-order valence-corrected chi connectivity index (χ2v) is 9.47. The van der Waals surface area contributed by atoms with Gasteiger partial charge in [0, 0.05) is 62.5 Å². The number of ether oxygens (including phenoxy) is 1. The molecule has 1 spiro atoms. The van der Waals surface area contributed by atoms with Crippen LogP contribution < -0.4 is 4.90 Å². The number of piperazine rings is 1. The van der Waals surface area contributed by atoms with Crippen LogP contribution in [0.3, 0.4) is 0 Å². The van der Waals surface area contributed by atoms with Crippen molar-refractivity contribution in [3.05, 3.63) is 30.0 Å². The fourth-order valence-corrected chi connectivity index (χ4v) is 6.00. The summed E-state index contributed by atoms with van der Waals surface area (Å²) in [5.74, 6) is 1.18. The van der Waals surface area contributed by atoms with E-state index >= 15 is 0 Å². The van der Waals surface area contributed by atoms with Crippen molar-refractivity contribution in [1.82, 2.24) is 14.8 Å². The third-order valence-corrected chi connectivity index (χ3v) is 7.56. The Labute approximate surface area is 179 Å². The number of likely N-dealkylation sites (tertiary alicyclic amines) is 1. The Morgan fingerprint density at radius 3 is 2.83 bits per heavy atom. The SMILES string of the molecule is CCOC(=O)N1CC2(CC[C@@H](N3CCN(c4ncccc4C4=CCCC4)CC3)C2)C1. The van der Waals surface area contributed by atoms with E-state index < -0.39 is 0 Å². The summed E-state index contributed by atoms with van der Waals surface area (Å²) in [6.07, 6.45) is 11.6. The number of anilines is 1. The number of carbonyl (C=O) groups excluding carboxylic acids is 1. The summed E-state index contributed by atoms with van der Waals surface area (Å²) in [6.45, 7) is 8.42. The number of hydrogen-bond donors (Lipinski definition) is 0. The highest BCUT2D eigenvalue weighted by Gasteiger charge is 2.51. The highest BCUT2D eigenvalue weighted by molar-refractivity contribution is 5.75. The van der Waals surface area contributed by atoms with E-state index in [0.29, 0.717) is 18.1 Å². The molecule has 0 bridgehead atoms. The zero-order valence-electron chi connectivity index (χ0n) is 18.2. The van der Waals surface area contributed by atoms with Gasteiger partial charge in [0.1, 0.15) is 5.82 Å². The number of amides is 1. The molecular weight excluding hydrogens is 376 g/mol. The lowest BCUT2D eigenvalue weighted by molar-refractivity contribution is -0.00294. The van der Waals surface area contributed by atoms with E-state index in [1.807, 2.05) is 18.0 Å². The Morgan fingerprint density at radius 2 is 2.10 bits per heavy atom. The van der Waals surface area contributed by atoms with E-state index in [2.05, 4.69) is 28.0 Å². The standard InChI is InChI=1S/C24H34N4O2/c1-2-30-23(29)28-17-24(18-28)10-9-20(16-24)26-12-14-27(15-13-26)22-21(8-5-11-25-22)19-6-3-4-7-19/h5-6,8,11,20H,2-4,7,9-10,12-18H2,1H3/t20-/m1/s1. The first-order chi connectivity index (χ1) is 14.7. The van der Waals surface area contributed by atoms with Crippen LogP contribution >= 0.6 is 0 Å². The van der Waals surface area contributed by atoms with E-state index in [4.69, 9.17) is 9.72 Å². The average molecular weight is 411 g/mol. The first kappa shape index (κ1) is 19.9. The number of allylic oxidation sites excluding steroid dienone is 2. The van der Waals surface area contributed by atoms with Crippen LogP contribution in [0.5, 0.6) is 0 Å². The predicted molar refractivity (Wildman–Crippen MR) is 119 cm³/mol. The van der Waals surface area contributed by atoms with Crippen LogP contribution in [-0.2, 0) is 4.74 Å². The molecule has 2 saturated heterocycles. The quantitative estimate of drug-likeness (QED) is 0.756. The number of carbonyl (C=O) groups is 1.